The van der Waals surface area contributed by atoms with Gasteiger partial charge in [-0.1, -0.05) is 33.8 Å². The van der Waals surface area contributed by atoms with E-state index in [1.807, 2.05) is 27.7 Å². The Morgan fingerprint density at radius 3 is 1.93 bits per heavy atom. The van der Waals surface area contributed by atoms with Crippen LogP contribution in [0.3, 0.4) is 0 Å². The Hall–Kier alpha value is -2.63. The van der Waals surface area contributed by atoms with E-state index in [1.54, 1.807) is 0 Å². The van der Waals surface area contributed by atoms with Crippen LogP contribution in [0.5, 0.6) is 11.5 Å². The van der Waals surface area contributed by atoms with E-state index in [0.717, 1.165) is 6.07 Å². The van der Waals surface area contributed by atoms with E-state index < -0.39 is 22.7 Å². The maximum atomic E-state index is 13.0. The Labute approximate surface area is 170 Å². The fraction of sp³-hybridized carbons (Fsp3) is 0.522. The van der Waals surface area contributed by atoms with Crippen LogP contribution in [0.15, 0.2) is 29.5 Å². The van der Waals surface area contributed by atoms with Gasteiger partial charge in [-0.15, -0.1) is 0 Å². The lowest BCUT2D eigenvalue weighted by molar-refractivity contribution is -0.140. The number of Topliss-reactive ketones (excluding diaryl/α,β-unsaturated/α-hetero) is 3. The van der Waals surface area contributed by atoms with Crippen LogP contribution >= 0.6 is 0 Å². The minimum absolute atomic E-state index is 0.0247. The zero-order valence-corrected chi connectivity index (χ0v) is 17.3. The third kappa shape index (κ3) is 4.07. The number of carbonyl (C=O) groups excluding carboxylic acids is 3. The van der Waals surface area contributed by atoms with Gasteiger partial charge in [-0.05, 0) is 16.9 Å². The Kier molecular flexibility index (Phi) is 5.10. The Balaban J connectivity index is 2.20. The summed E-state index contributed by atoms with van der Waals surface area (Å²) in [4.78, 5) is 39.1. The van der Waals surface area contributed by atoms with Crippen molar-refractivity contribution in [3.8, 4) is 11.5 Å². The van der Waals surface area contributed by atoms with Gasteiger partial charge in [0.25, 0.3) is 0 Å². The van der Waals surface area contributed by atoms with Gasteiger partial charge in [0, 0.05) is 48.8 Å². The second-order valence-electron chi connectivity index (χ2n) is 9.95. The van der Waals surface area contributed by atoms with E-state index in [4.69, 9.17) is 0 Å². The van der Waals surface area contributed by atoms with Gasteiger partial charge in [-0.2, -0.15) is 0 Å². The number of aliphatic hydroxyl groups is 1. The molecule has 1 aromatic carbocycles. The highest BCUT2D eigenvalue weighted by atomic mass is 16.3. The minimum atomic E-state index is -1.15. The fourth-order valence-electron chi connectivity index (χ4n) is 4.73. The molecule has 2 aliphatic rings. The summed E-state index contributed by atoms with van der Waals surface area (Å²) >= 11 is 0. The van der Waals surface area contributed by atoms with Crippen LogP contribution in [0.2, 0.25) is 0 Å². The first-order valence-electron chi connectivity index (χ1n) is 9.84. The van der Waals surface area contributed by atoms with Crippen LogP contribution in [-0.4, -0.2) is 32.7 Å². The molecule has 1 saturated carbocycles. The molecule has 0 bridgehead atoms. The van der Waals surface area contributed by atoms with Crippen molar-refractivity contribution in [1.29, 1.82) is 0 Å². The lowest BCUT2D eigenvalue weighted by atomic mass is 9.62. The summed E-state index contributed by atoms with van der Waals surface area (Å²) < 4.78 is 0. The summed E-state index contributed by atoms with van der Waals surface area (Å²) in [6.45, 7) is 7.42. The van der Waals surface area contributed by atoms with Crippen molar-refractivity contribution in [1.82, 2.24) is 0 Å². The number of aliphatic hydroxyl groups excluding tert-OH is 1. The van der Waals surface area contributed by atoms with Crippen LogP contribution in [0.1, 0.15) is 64.9 Å². The van der Waals surface area contributed by atoms with E-state index in [2.05, 4.69) is 0 Å². The molecule has 6 nitrogen and oxygen atoms in total. The van der Waals surface area contributed by atoms with Gasteiger partial charge in [0.2, 0.25) is 0 Å². The molecule has 0 spiro atoms. The van der Waals surface area contributed by atoms with E-state index >= 15 is 0 Å². The second-order valence-corrected chi connectivity index (χ2v) is 9.95. The molecule has 0 amide bonds. The Bertz CT molecular complexity index is 901. The van der Waals surface area contributed by atoms with Crippen molar-refractivity contribution in [3.05, 3.63) is 35.1 Å². The van der Waals surface area contributed by atoms with Gasteiger partial charge < -0.3 is 15.3 Å². The molecule has 6 heteroatoms. The van der Waals surface area contributed by atoms with Crippen LogP contribution in [0, 0.1) is 16.7 Å². The zero-order valence-electron chi connectivity index (χ0n) is 17.3. The van der Waals surface area contributed by atoms with Gasteiger partial charge in [0.1, 0.15) is 28.8 Å². The number of aromatic hydroxyl groups is 2. The second kappa shape index (κ2) is 7.01. The van der Waals surface area contributed by atoms with Gasteiger partial charge in [-0.3, -0.25) is 14.4 Å². The Morgan fingerprint density at radius 2 is 1.41 bits per heavy atom. The maximum Gasteiger partial charge on any atom is 0.163 e. The van der Waals surface area contributed by atoms with Crippen LogP contribution in [-0.2, 0) is 14.4 Å². The van der Waals surface area contributed by atoms with Crippen molar-refractivity contribution in [3.63, 3.8) is 0 Å². The number of allylic oxidation sites excluding steroid dienone is 2. The quantitative estimate of drug-likeness (QED) is 0.662. The van der Waals surface area contributed by atoms with Gasteiger partial charge in [0.05, 0.1) is 5.92 Å². The predicted octanol–water partition coefficient (Wildman–Crippen LogP) is 3.96. The highest BCUT2D eigenvalue weighted by molar-refractivity contribution is 6.09. The number of rotatable bonds is 3. The third-order valence-corrected chi connectivity index (χ3v) is 5.89. The summed E-state index contributed by atoms with van der Waals surface area (Å²) in [6, 6.07) is 3.85. The van der Waals surface area contributed by atoms with Crippen molar-refractivity contribution >= 4 is 17.3 Å². The standard InChI is InChI=1S/C23H28O6/c1-22(2)8-15(26)20(16(27)9-22)19(13-6-5-12(24)7-14(13)25)21-17(28)10-23(3,4)11-18(21)29/h5-7,19-20,24-25,28H,8-11H2,1-4H3. The molecule has 1 aromatic rings. The van der Waals surface area contributed by atoms with Gasteiger partial charge >= 0.3 is 0 Å². The summed E-state index contributed by atoms with van der Waals surface area (Å²) in [7, 11) is 0. The SMILES string of the molecule is CC1(C)CC(=O)C(C(C2=C(O)CC(C)(C)CC2=O)c2ccc(O)cc2O)C(=O)C1. The summed E-state index contributed by atoms with van der Waals surface area (Å²) in [6.07, 6.45) is 0.755. The van der Waals surface area contributed by atoms with Crippen molar-refractivity contribution in [2.45, 2.75) is 59.3 Å². The van der Waals surface area contributed by atoms with Crippen molar-refractivity contribution < 1.29 is 29.7 Å². The number of hydrogen-bond donors (Lipinski definition) is 3. The van der Waals surface area contributed by atoms with E-state index in [-0.39, 0.29) is 71.4 Å². The molecule has 1 fully saturated rings. The lowest BCUT2D eigenvalue weighted by Gasteiger charge is -2.39. The molecule has 0 aromatic heterocycles. The molecule has 156 valence electrons. The van der Waals surface area contributed by atoms with Gasteiger partial charge in [0.15, 0.2) is 5.78 Å². The molecule has 0 aliphatic heterocycles. The van der Waals surface area contributed by atoms with Gasteiger partial charge in [-0.25, -0.2) is 0 Å². The number of hydrogen-bond acceptors (Lipinski definition) is 6. The van der Waals surface area contributed by atoms with E-state index in [0.29, 0.717) is 0 Å². The minimum Gasteiger partial charge on any atom is -0.512 e. The molecule has 2 aliphatic carbocycles. The first-order valence-corrected chi connectivity index (χ1v) is 9.84. The summed E-state index contributed by atoms with van der Waals surface area (Å²) in [5.74, 6) is -3.81. The molecule has 1 unspecified atom stereocenters. The van der Waals surface area contributed by atoms with Crippen LogP contribution in [0.25, 0.3) is 0 Å². The molecule has 3 N–H and O–H groups in total. The largest absolute Gasteiger partial charge is 0.512 e. The monoisotopic (exact) mass is 400 g/mol. The molecule has 0 saturated heterocycles. The smallest absolute Gasteiger partial charge is 0.163 e. The van der Waals surface area contributed by atoms with E-state index in [1.165, 1.54) is 12.1 Å². The van der Waals surface area contributed by atoms with Crippen molar-refractivity contribution in [2.24, 2.45) is 16.7 Å². The average molecular weight is 400 g/mol. The molecule has 0 heterocycles. The number of phenols is 2. The first-order chi connectivity index (χ1) is 13.3. The molecular weight excluding hydrogens is 372 g/mol. The van der Waals surface area contributed by atoms with Crippen molar-refractivity contribution in [2.75, 3.05) is 0 Å². The highest BCUT2D eigenvalue weighted by Crippen LogP contribution is 2.49. The lowest BCUT2D eigenvalue weighted by Crippen LogP contribution is -2.43. The maximum absolute atomic E-state index is 13.0. The normalized spacial score (nSPS) is 23.4. The summed E-state index contributed by atoms with van der Waals surface area (Å²) in [5.41, 5.74) is -0.698. The molecule has 1 atom stereocenters. The van der Waals surface area contributed by atoms with Crippen LogP contribution in [0.4, 0.5) is 0 Å². The highest BCUT2D eigenvalue weighted by Gasteiger charge is 2.49. The molecule has 3 rings (SSSR count). The number of carbonyl (C=O) groups is 3. The predicted molar refractivity (Wildman–Crippen MR) is 107 cm³/mol. The summed E-state index contributed by atoms with van der Waals surface area (Å²) in [5, 5.41) is 30.9. The number of phenolic OH excluding ortho intramolecular Hbond substituents is 2. The van der Waals surface area contributed by atoms with Crippen LogP contribution < -0.4 is 0 Å². The number of ketones is 3. The molecule has 0 radical (unpaired) electrons. The average Bonchev–Trinajstić information content (AvgIpc) is 2.50. The zero-order chi connectivity index (χ0) is 21.7. The molecule has 29 heavy (non-hydrogen) atoms. The number of benzene rings is 1. The van der Waals surface area contributed by atoms with E-state index in [9.17, 15) is 29.7 Å². The topological polar surface area (TPSA) is 112 Å². The Morgan fingerprint density at radius 1 is 0.862 bits per heavy atom. The third-order valence-electron chi connectivity index (χ3n) is 5.89. The fourth-order valence-corrected chi connectivity index (χ4v) is 4.73. The first kappa shape index (κ1) is 21.1. The molecular formula is C23H28O6.